The van der Waals surface area contributed by atoms with E-state index >= 15 is 0 Å². The maximum Gasteiger partial charge on any atom is 0.251 e. The smallest absolute Gasteiger partial charge is 0.251 e. The molecule has 1 heterocycles. The van der Waals surface area contributed by atoms with Crippen LogP contribution in [-0.2, 0) is 11.3 Å². The van der Waals surface area contributed by atoms with Crippen molar-refractivity contribution in [3.63, 3.8) is 0 Å². The van der Waals surface area contributed by atoms with Gasteiger partial charge in [0.15, 0.2) is 11.0 Å². The van der Waals surface area contributed by atoms with Gasteiger partial charge in [0.05, 0.1) is 24.6 Å². The van der Waals surface area contributed by atoms with E-state index in [1.54, 1.807) is 13.2 Å². The molecule has 0 fully saturated rings. The van der Waals surface area contributed by atoms with E-state index in [-0.39, 0.29) is 29.5 Å². The van der Waals surface area contributed by atoms with E-state index in [9.17, 15) is 9.59 Å². The molecule has 35 heavy (non-hydrogen) atoms. The second-order valence-corrected chi connectivity index (χ2v) is 9.63. The minimum Gasteiger partial charge on any atom is -0.495 e. The quantitative estimate of drug-likeness (QED) is 0.393. The molecule has 1 aromatic heterocycles. The number of thioether (sulfide) groups is 1. The first-order valence-electron chi connectivity index (χ1n) is 11.6. The van der Waals surface area contributed by atoms with Crippen molar-refractivity contribution < 1.29 is 14.3 Å². The molecule has 0 aliphatic heterocycles. The Kier molecular flexibility index (Phi) is 8.92. The van der Waals surface area contributed by atoms with Crippen molar-refractivity contribution in [2.45, 2.75) is 52.4 Å². The van der Waals surface area contributed by atoms with Crippen molar-refractivity contribution in [3.8, 4) is 5.75 Å². The van der Waals surface area contributed by atoms with Crippen molar-refractivity contribution in [1.82, 2.24) is 20.1 Å². The van der Waals surface area contributed by atoms with Crippen molar-refractivity contribution in [1.29, 1.82) is 0 Å². The van der Waals surface area contributed by atoms with Crippen molar-refractivity contribution in [2.24, 2.45) is 5.92 Å². The molecule has 0 bridgehead atoms. The zero-order valence-corrected chi connectivity index (χ0v) is 21.9. The van der Waals surface area contributed by atoms with Gasteiger partial charge < -0.3 is 19.9 Å². The molecule has 0 aliphatic carbocycles. The maximum atomic E-state index is 12.9. The van der Waals surface area contributed by atoms with Gasteiger partial charge >= 0.3 is 0 Å². The average Bonchev–Trinajstić information content (AvgIpc) is 3.23. The molecule has 2 aromatic carbocycles. The van der Waals surface area contributed by atoms with Crippen LogP contribution in [0.2, 0.25) is 0 Å². The third-order valence-corrected chi connectivity index (χ3v) is 6.50. The highest BCUT2D eigenvalue weighted by molar-refractivity contribution is 7.99. The predicted molar refractivity (Wildman–Crippen MR) is 139 cm³/mol. The first-order chi connectivity index (χ1) is 16.7. The lowest BCUT2D eigenvalue weighted by molar-refractivity contribution is -0.113. The van der Waals surface area contributed by atoms with Crippen molar-refractivity contribution in [3.05, 3.63) is 65.0 Å². The third kappa shape index (κ3) is 6.63. The molecule has 0 radical (unpaired) electrons. The maximum absolute atomic E-state index is 12.9. The fourth-order valence-corrected chi connectivity index (χ4v) is 4.52. The molecule has 0 saturated heterocycles. The van der Waals surface area contributed by atoms with Gasteiger partial charge in [0, 0.05) is 12.1 Å². The van der Waals surface area contributed by atoms with E-state index in [2.05, 4.69) is 20.8 Å². The summed E-state index contributed by atoms with van der Waals surface area (Å²) in [4.78, 5) is 25.6. The number of anilines is 1. The Bertz CT molecular complexity index is 1190. The largest absolute Gasteiger partial charge is 0.495 e. The van der Waals surface area contributed by atoms with Crippen LogP contribution in [0.3, 0.4) is 0 Å². The Morgan fingerprint density at radius 2 is 1.83 bits per heavy atom. The molecule has 3 rings (SSSR count). The number of ether oxygens (including phenoxy) is 1. The van der Waals surface area contributed by atoms with Gasteiger partial charge in [-0.15, -0.1) is 10.2 Å². The summed E-state index contributed by atoms with van der Waals surface area (Å²) in [5.41, 5.74) is 3.29. The fraction of sp³-hybridized carbons (Fsp3) is 0.385. The molecule has 1 atom stereocenters. The van der Waals surface area contributed by atoms with Crippen LogP contribution in [0, 0.1) is 19.8 Å². The van der Waals surface area contributed by atoms with E-state index < -0.39 is 0 Å². The molecule has 0 saturated carbocycles. The highest BCUT2D eigenvalue weighted by atomic mass is 32.2. The Hall–Kier alpha value is -3.33. The minimum absolute atomic E-state index is 0.0909. The number of carbonyl (C=O) groups excluding carboxylic acids is 2. The van der Waals surface area contributed by atoms with Gasteiger partial charge in [0.1, 0.15) is 5.75 Å². The summed E-state index contributed by atoms with van der Waals surface area (Å²) in [5, 5.41) is 15.4. The summed E-state index contributed by atoms with van der Waals surface area (Å²) in [6, 6.07) is 12.8. The lowest BCUT2D eigenvalue weighted by Gasteiger charge is -2.22. The molecule has 8 nitrogen and oxygen atoms in total. The van der Waals surface area contributed by atoms with Crippen LogP contribution >= 0.6 is 11.8 Å². The van der Waals surface area contributed by atoms with Gasteiger partial charge in [-0.2, -0.15) is 0 Å². The van der Waals surface area contributed by atoms with Crippen LogP contribution in [0.5, 0.6) is 5.75 Å². The number of nitrogens with one attached hydrogen (secondary N) is 2. The molecule has 0 aliphatic rings. The van der Waals surface area contributed by atoms with E-state index in [1.807, 2.05) is 75.6 Å². The summed E-state index contributed by atoms with van der Waals surface area (Å²) in [6.07, 6.45) is 0. The number of methoxy groups -OCH3 is 1. The molecule has 0 unspecified atom stereocenters. The van der Waals surface area contributed by atoms with Gasteiger partial charge in [0.2, 0.25) is 5.91 Å². The number of carbonyl (C=O) groups is 2. The number of aryl methyl sites for hydroxylation is 2. The Balaban J connectivity index is 1.73. The summed E-state index contributed by atoms with van der Waals surface area (Å²) < 4.78 is 7.29. The summed E-state index contributed by atoms with van der Waals surface area (Å²) >= 11 is 1.31. The zero-order valence-electron chi connectivity index (χ0n) is 21.1. The van der Waals surface area contributed by atoms with E-state index in [4.69, 9.17) is 4.74 Å². The lowest BCUT2D eigenvalue weighted by Crippen LogP contribution is -2.33. The Morgan fingerprint density at radius 1 is 1.09 bits per heavy atom. The number of aromatic nitrogens is 3. The standard InChI is InChI=1S/C26H33N5O3S/c1-7-31-24(23(16(2)3)28-25(33)19-10-8-9-17(4)13-19)29-30-26(31)35-15-22(32)27-20-14-18(5)11-12-21(20)34-6/h8-14,16,23H,7,15H2,1-6H3,(H,27,32)(H,28,33)/t23-/m0/s1. The summed E-state index contributed by atoms with van der Waals surface area (Å²) in [7, 11) is 1.57. The SMILES string of the molecule is CCn1c(SCC(=O)Nc2cc(C)ccc2OC)nnc1[C@@H](NC(=O)c1cccc(C)c1)C(C)C. The van der Waals surface area contributed by atoms with E-state index in [0.717, 1.165) is 11.1 Å². The highest BCUT2D eigenvalue weighted by Crippen LogP contribution is 2.27. The number of amides is 2. The number of benzene rings is 2. The Labute approximate surface area is 210 Å². The summed E-state index contributed by atoms with van der Waals surface area (Å²) in [5.74, 6) is 1.21. The number of nitrogens with zero attached hydrogens (tertiary/aromatic N) is 3. The van der Waals surface area contributed by atoms with Crippen molar-refractivity contribution >= 4 is 29.3 Å². The zero-order chi connectivity index (χ0) is 25.5. The van der Waals surface area contributed by atoms with Crippen LogP contribution in [0.15, 0.2) is 47.6 Å². The fourth-order valence-electron chi connectivity index (χ4n) is 3.71. The highest BCUT2D eigenvalue weighted by Gasteiger charge is 2.26. The van der Waals surface area contributed by atoms with Crippen LogP contribution in [-0.4, -0.2) is 39.4 Å². The minimum atomic E-state index is -0.324. The number of rotatable bonds is 10. The average molecular weight is 496 g/mol. The molecule has 0 spiro atoms. The molecular formula is C26H33N5O3S. The third-order valence-electron chi connectivity index (χ3n) is 5.53. The molecular weight excluding hydrogens is 462 g/mol. The Morgan fingerprint density at radius 3 is 2.49 bits per heavy atom. The van der Waals surface area contributed by atoms with Crippen LogP contribution in [0.25, 0.3) is 0 Å². The molecule has 186 valence electrons. The second kappa shape index (κ2) is 11.9. The van der Waals surface area contributed by atoms with Gasteiger partial charge in [0.25, 0.3) is 5.91 Å². The number of hydrogen-bond donors (Lipinski definition) is 2. The normalized spacial score (nSPS) is 11.9. The number of hydrogen-bond acceptors (Lipinski definition) is 6. The van der Waals surface area contributed by atoms with E-state index in [0.29, 0.717) is 34.5 Å². The van der Waals surface area contributed by atoms with Crippen LogP contribution in [0.1, 0.15) is 54.1 Å². The second-order valence-electron chi connectivity index (χ2n) is 8.69. The molecule has 9 heteroatoms. The molecule has 2 amide bonds. The van der Waals surface area contributed by atoms with Gasteiger partial charge in [-0.3, -0.25) is 9.59 Å². The topological polar surface area (TPSA) is 98.1 Å². The van der Waals surface area contributed by atoms with Crippen molar-refractivity contribution in [2.75, 3.05) is 18.2 Å². The molecule has 2 N–H and O–H groups in total. The lowest BCUT2D eigenvalue weighted by atomic mass is 10.0. The monoisotopic (exact) mass is 495 g/mol. The van der Waals surface area contributed by atoms with Gasteiger partial charge in [-0.1, -0.05) is 49.4 Å². The summed E-state index contributed by atoms with van der Waals surface area (Å²) in [6.45, 7) is 10.6. The van der Waals surface area contributed by atoms with Crippen LogP contribution in [0.4, 0.5) is 5.69 Å². The first kappa shape index (κ1) is 26.3. The van der Waals surface area contributed by atoms with Gasteiger partial charge in [-0.25, -0.2) is 0 Å². The van der Waals surface area contributed by atoms with E-state index in [1.165, 1.54) is 11.8 Å². The molecule has 3 aromatic rings. The van der Waals surface area contributed by atoms with Crippen LogP contribution < -0.4 is 15.4 Å². The van der Waals surface area contributed by atoms with Gasteiger partial charge in [-0.05, 0) is 56.5 Å². The predicted octanol–water partition coefficient (Wildman–Crippen LogP) is 4.78. The first-order valence-corrected chi connectivity index (χ1v) is 12.6.